The van der Waals surface area contributed by atoms with Crippen LogP contribution in [0.3, 0.4) is 0 Å². The van der Waals surface area contributed by atoms with Gasteiger partial charge in [0.2, 0.25) is 0 Å². The van der Waals surface area contributed by atoms with Gasteiger partial charge in [-0.3, -0.25) is 0 Å². The molecular formula is C9H3F8IO. The highest BCUT2D eigenvalue weighted by Crippen LogP contribution is 2.42. The third-order valence-corrected chi connectivity index (χ3v) is 2.79. The molecule has 0 aromatic heterocycles. The Balaban J connectivity index is 3.46. The summed E-state index contributed by atoms with van der Waals surface area (Å²) in [4.78, 5) is 0. The number of benzene rings is 1. The average Bonchev–Trinajstić information content (AvgIpc) is 2.16. The molecule has 10 heteroatoms. The van der Waals surface area contributed by atoms with Crippen LogP contribution in [0.1, 0.15) is 11.1 Å². The van der Waals surface area contributed by atoms with E-state index in [0.717, 1.165) is 22.6 Å². The highest BCUT2D eigenvalue weighted by molar-refractivity contribution is 14.1. The van der Waals surface area contributed by atoms with E-state index in [4.69, 9.17) is 0 Å². The first-order chi connectivity index (χ1) is 8.43. The van der Waals surface area contributed by atoms with Gasteiger partial charge in [-0.1, -0.05) is 0 Å². The lowest BCUT2D eigenvalue weighted by molar-refractivity contribution is -0.145. The second kappa shape index (κ2) is 5.29. The molecule has 0 aliphatic rings. The van der Waals surface area contributed by atoms with Gasteiger partial charge < -0.3 is 4.74 Å². The Kier molecular flexibility index (Phi) is 4.52. The van der Waals surface area contributed by atoms with Crippen molar-refractivity contribution < 1.29 is 39.9 Å². The van der Waals surface area contributed by atoms with E-state index >= 15 is 0 Å². The van der Waals surface area contributed by atoms with Crippen LogP contribution in [0.15, 0.2) is 12.1 Å². The molecule has 0 radical (unpaired) electrons. The summed E-state index contributed by atoms with van der Waals surface area (Å²) in [6.07, 6.45) is -10.1. The van der Waals surface area contributed by atoms with Crippen molar-refractivity contribution in [3.63, 3.8) is 0 Å². The summed E-state index contributed by atoms with van der Waals surface area (Å²) in [5.41, 5.74) is -3.16. The molecule has 0 aliphatic carbocycles. The van der Waals surface area contributed by atoms with E-state index in [1.165, 1.54) is 0 Å². The van der Waals surface area contributed by atoms with Crippen LogP contribution in [0.25, 0.3) is 0 Å². The first-order valence-corrected chi connectivity index (χ1v) is 5.43. The summed E-state index contributed by atoms with van der Waals surface area (Å²) >= 11 is 1.04. The highest BCUT2D eigenvalue weighted by atomic mass is 127. The Labute approximate surface area is 114 Å². The van der Waals surface area contributed by atoms with Gasteiger partial charge in [0.15, 0.2) is 0 Å². The molecule has 0 N–H and O–H groups in total. The summed E-state index contributed by atoms with van der Waals surface area (Å²) < 4.78 is 102. The molecule has 0 saturated carbocycles. The number of halogens is 9. The Hall–Kier alpha value is -0.810. The van der Waals surface area contributed by atoms with E-state index in [9.17, 15) is 35.1 Å². The molecule has 1 aromatic carbocycles. The van der Waals surface area contributed by atoms with Crippen molar-refractivity contribution in [3.8, 4) is 5.75 Å². The minimum absolute atomic E-state index is 0.0866. The topological polar surface area (TPSA) is 9.23 Å². The van der Waals surface area contributed by atoms with Crippen LogP contribution < -0.4 is 4.74 Å². The van der Waals surface area contributed by atoms with Crippen molar-refractivity contribution in [2.24, 2.45) is 0 Å². The van der Waals surface area contributed by atoms with Crippen LogP contribution >= 0.6 is 22.6 Å². The lowest BCUT2D eigenvalue weighted by Crippen LogP contribution is -2.15. The van der Waals surface area contributed by atoms with E-state index in [0.29, 0.717) is 0 Å². The zero-order chi connectivity index (χ0) is 15.0. The van der Waals surface area contributed by atoms with E-state index in [-0.39, 0.29) is 12.1 Å². The van der Waals surface area contributed by atoms with Gasteiger partial charge in [0, 0.05) is 3.57 Å². The number of alkyl halides is 8. The molecule has 0 amide bonds. The summed E-state index contributed by atoms with van der Waals surface area (Å²) in [5, 5.41) is 0. The van der Waals surface area contributed by atoms with Crippen LogP contribution in [-0.4, -0.2) is 6.61 Å². The molecule has 0 fully saturated rings. The molecule has 0 heterocycles. The first kappa shape index (κ1) is 16.2. The van der Waals surface area contributed by atoms with Crippen molar-refractivity contribution in [2.75, 3.05) is 0 Å². The third-order valence-electron chi connectivity index (χ3n) is 1.90. The molecular weight excluding hydrogens is 403 g/mol. The second-order valence-corrected chi connectivity index (χ2v) is 4.36. The number of hydrogen-bond acceptors (Lipinski definition) is 1. The lowest BCUT2D eigenvalue weighted by atomic mass is 10.1. The summed E-state index contributed by atoms with van der Waals surface area (Å²) in [6.45, 7) is -3.66. The maximum atomic E-state index is 12.5. The minimum atomic E-state index is -5.10. The SMILES string of the molecule is FC(F)Oc1cc(C(F)(F)F)c(I)cc1C(F)(F)F. The van der Waals surface area contributed by atoms with Crippen LogP contribution in [0.5, 0.6) is 5.75 Å². The van der Waals surface area contributed by atoms with Crippen LogP contribution in [0, 0.1) is 3.57 Å². The summed E-state index contributed by atoms with van der Waals surface area (Å²) in [6, 6.07) is 0.0256. The van der Waals surface area contributed by atoms with Gasteiger partial charge in [-0.2, -0.15) is 35.1 Å². The fourth-order valence-electron chi connectivity index (χ4n) is 1.19. The molecule has 108 valence electrons. The predicted molar refractivity (Wildman–Crippen MR) is 55.8 cm³/mol. The van der Waals surface area contributed by atoms with Gasteiger partial charge in [0.1, 0.15) is 5.75 Å². The highest BCUT2D eigenvalue weighted by Gasteiger charge is 2.40. The molecule has 0 atom stereocenters. The Morgan fingerprint density at radius 1 is 0.895 bits per heavy atom. The van der Waals surface area contributed by atoms with Crippen molar-refractivity contribution in [2.45, 2.75) is 19.0 Å². The summed E-state index contributed by atoms with van der Waals surface area (Å²) in [7, 11) is 0. The first-order valence-electron chi connectivity index (χ1n) is 4.35. The fourth-order valence-corrected chi connectivity index (χ4v) is 1.96. The molecule has 0 unspecified atom stereocenters. The molecule has 0 aliphatic heterocycles. The van der Waals surface area contributed by atoms with Crippen molar-refractivity contribution in [1.29, 1.82) is 0 Å². The van der Waals surface area contributed by atoms with Gasteiger partial charge in [0.05, 0.1) is 11.1 Å². The van der Waals surface area contributed by atoms with Gasteiger partial charge in [-0.05, 0) is 34.7 Å². The van der Waals surface area contributed by atoms with Crippen molar-refractivity contribution >= 4 is 22.6 Å². The molecule has 1 nitrogen and oxygen atoms in total. The van der Waals surface area contributed by atoms with E-state index < -0.39 is 39.4 Å². The molecule has 1 rings (SSSR count). The zero-order valence-corrected chi connectivity index (χ0v) is 10.7. The normalized spacial score (nSPS) is 12.9. The Morgan fingerprint density at radius 2 is 1.37 bits per heavy atom. The molecule has 19 heavy (non-hydrogen) atoms. The van der Waals surface area contributed by atoms with Crippen molar-refractivity contribution in [1.82, 2.24) is 0 Å². The monoisotopic (exact) mass is 406 g/mol. The number of rotatable bonds is 2. The molecule has 0 spiro atoms. The smallest absolute Gasteiger partial charge is 0.420 e. The Bertz CT molecular complexity index is 465. The fraction of sp³-hybridized carbons (Fsp3) is 0.333. The standard InChI is InChI=1S/C9H3F8IO/c10-7(11)19-6-2-3(8(12,13)14)5(18)1-4(6)9(15,16)17/h1-2,7H. The molecule has 0 bridgehead atoms. The number of hydrogen-bond donors (Lipinski definition) is 0. The van der Waals surface area contributed by atoms with Crippen LogP contribution in [0.4, 0.5) is 35.1 Å². The average molecular weight is 406 g/mol. The molecule has 0 saturated heterocycles. The molecule has 1 aromatic rings. The maximum absolute atomic E-state index is 12.5. The van der Waals surface area contributed by atoms with Crippen LogP contribution in [-0.2, 0) is 12.4 Å². The van der Waals surface area contributed by atoms with E-state index in [2.05, 4.69) is 4.74 Å². The van der Waals surface area contributed by atoms with Gasteiger partial charge in [-0.25, -0.2) is 0 Å². The quantitative estimate of drug-likeness (QED) is 0.500. The minimum Gasteiger partial charge on any atom is -0.434 e. The predicted octanol–water partition coefficient (Wildman–Crippen LogP) is 4.93. The van der Waals surface area contributed by atoms with Crippen LogP contribution in [0.2, 0.25) is 0 Å². The lowest BCUT2D eigenvalue weighted by Gasteiger charge is -2.17. The summed E-state index contributed by atoms with van der Waals surface area (Å²) in [5.74, 6) is -1.56. The van der Waals surface area contributed by atoms with Gasteiger partial charge in [-0.15, -0.1) is 0 Å². The largest absolute Gasteiger partial charge is 0.434 e. The van der Waals surface area contributed by atoms with Gasteiger partial charge in [0.25, 0.3) is 0 Å². The third kappa shape index (κ3) is 4.08. The van der Waals surface area contributed by atoms with E-state index in [1.807, 2.05) is 0 Å². The zero-order valence-electron chi connectivity index (χ0n) is 8.54. The van der Waals surface area contributed by atoms with Gasteiger partial charge >= 0.3 is 19.0 Å². The Morgan fingerprint density at radius 3 is 1.74 bits per heavy atom. The van der Waals surface area contributed by atoms with Crippen molar-refractivity contribution in [3.05, 3.63) is 26.8 Å². The second-order valence-electron chi connectivity index (χ2n) is 3.20. The number of ether oxygens (including phenoxy) is 1. The van der Waals surface area contributed by atoms with E-state index in [1.54, 1.807) is 0 Å². The maximum Gasteiger partial charge on any atom is 0.420 e.